The van der Waals surface area contributed by atoms with Crippen LogP contribution in [0, 0.1) is 0 Å². The number of Topliss-reactive ketones (excluding diaryl/α,β-unsaturated/α-hetero) is 1. The van der Waals surface area contributed by atoms with Gasteiger partial charge >= 0.3 is 0 Å². The van der Waals surface area contributed by atoms with Gasteiger partial charge in [0.15, 0.2) is 5.78 Å². The molecule has 168 valence electrons. The monoisotopic (exact) mass is 432 g/mol. The average Bonchev–Trinajstić information content (AvgIpc) is 2.75. The lowest BCUT2D eigenvalue weighted by molar-refractivity contribution is -0.364. The molecule has 6 atom stereocenters. The molecule has 0 aliphatic carbocycles. The zero-order valence-electron chi connectivity index (χ0n) is 17.3. The quantitative estimate of drug-likeness (QED) is 0.349. The fourth-order valence-corrected chi connectivity index (χ4v) is 3.85. The Morgan fingerprint density at radius 2 is 1.68 bits per heavy atom. The molecule has 31 heavy (non-hydrogen) atoms. The first-order valence-electron chi connectivity index (χ1n) is 10.0. The minimum absolute atomic E-state index is 0.0655. The highest BCUT2D eigenvalue weighted by molar-refractivity contribution is 5.94. The second-order valence-electron chi connectivity index (χ2n) is 8.03. The summed E-state index contributed by atoms with van der Waals surface area (Å²) in [6.07, 6.45) is -7.62. The molecular formula is C23H28O8. The molecule has 1 aliphatic rings. The molecule has 1 saturated heterocycles. The molecule has 6 N–H and O–H groups in total. The van der Waals surface area contributed by atoms with Gasteiger partial charge < -0.3 is 35.4 Å². The fraction of sp³-hybridized carbons (Fsp3) is 0.435. The number of aliphatic hydroxyl groups is 6. The lowest BCUT2D eigenvalue weighted by Gasteiger charge is -2.47. The van der Waals surface area contributed by atoms with E-state index >= 15 is 0 Å². The van der Waals surface area contributed by atoms with Crippen molar-refractivity contribution in [3.8, 4) is 0 Å². The number of ketones is 1. The van der Waals surface area contributed by atoms with E-state index < -0.39 is 36.3 Å². The third-order valence-electron chi connectivity index (χ3n) is 5.70. The molecule has 1 heterocycles. The van der Waals surface area contributed by atoms with E-state index in [1.165, 1.54) is 19.9 Å². The summed E-state index contributed by atoms with van der Waals surface area (Å²) in [7, 11) is 0. The minimum Gasteiger partial charge on any atom is -0.392 e. The van der Waals surface area contributed by atoms with Gasteiger partial charge in [0.2, 0.25) is 5.79 Å². The van der Waals surface area contributed by atoms with Crippen LogP contribution in [-0.2, 0) is 23.6 Å². The molecule has 8 nitrogen and oxygen atoms in total. The van der Waals surface area contributed by atoms with Crippen molar-refractivity contribution in [2.75, 3.05) is 0 Å². The lowest BCUT2D eigenvalue weighted by atomic mass is 9.83. The first kappa shape index (κ1) is 23.5. The number of hydrogen-bond donors (Lipinski definition) is 6. The standard InChI is InChI=1S/C23H28O8/c1-12(25)16-6-3-14(4-7-16)9-17-8-5-15(11-24)10-18(17)23(30)22(29)20(28)19(27)21(31-23)13(2)26/h3-8,10,13,19-22,24,26-30H,9,11H2,1-2H3/t13-,19-,20-,21+,22+,23+/m0/s1. The van der Waals surface area contributed by atoms with Gasteiger partial charge in [0.05, 0.1) is 12.7 Å². The first-order valence-corrected chi connectivity index (χ1v) is 10.0. The van der Waals surface area contributed by atoms with Gasteiger partial charge in [-0.25, -0.2) is 0 Å². The van der Waals surface area contributed by atoms with Crippen molar-refractivity contribution in [1.82, 2.24) is 0 Å². The fourth-order valence-electron chi connectivity index (χ4n) is 3.85. The van der Waals surface area contributed by atoms with Crippen molar-refractivity contribution in [2.45, 2.75) is 63.2 Å². The topological polar surface area (TPSA) is 148 Å². The molecular weight excluding hydrogens is 404 g/mol. The Kier molecular flexibility index (Phi) is 6.92. The Balaban J connectivity index is 2.05. The van der Waals surface area contributed by atoms with Gasteiger partial charge in [0.1, 0.15) is 24.4 Å². The Bertz CT molecular complexity index is 926. The van der Waals surface area contributed by atoms with Crippen LogP contribution in [-0.4, -0.2) is 66.9 Å². The average molecular weight is 432 g/mol. The predicted octanol–water partition coefficient (Wildman–Crippen LogP) is -0.0203. The van der Waals surface area contributed by atoms with E-state index in [0.29, 0.717) is 16.7 Å². The highest BCUT2D eigenvalue weighted by Gasteiger charge is 2.55. The highest BCUT2D eigenvalue weighted by atomic mass is 16.7. The van der Waals surface area contributed by atoms with Gasteiger partial charge in [-0.1, -0.05) is 36.4 Å². The summed E-state index contributed by atoms with van der Waals surface area (Å²) in [5, 5.41) is 61.9. The number of benzene rings is 2. The predicted molar refractivity (Wildman–Crippen MR) is 110 cm³/mol. The molecule has 0 aromatic heterocycles. The van der Waals surface area contributed by atoms with E-state index in [9.17, 15) is 35.4 Å². The summed E-state index contributed by atoms with van der Waals surface area (Å²) >= 11 is 0. The van der Waals surface area contributed by atoms with E-state index in [2.05, 4.69) is 0 Å². The first-order chi connectivity index (χ1) is 14.6. The van der Waals surface area contributed by atoms with Crippen molar-refractivity contribution >= 4 is 5.78 Å². The summed E-state index contributed by atoms with van der Waals surface area (Å²) in [5.74, 6) is -2.51. The van der Waals surface area contributed by atoms with Crippen LogP contribution in [0.15, 0.2) is 42.5 Å². The Hall–Kier alpha value is -2.17. The van der Waals surface area contributed by atoms with Crippen LogP contribution in [0.3, 0.4) is 0 Å². The third kappa shape index (κ3) is 4.56. The smallest absolute Gasteiger partial charge is 0.222 e. The third-order valence-corrected chi connectivity index (χ3v) is 5.70. The maximum atomic E-state index is 11.5. The second kappa shape index (κ2) is 9.13. The normalized spacial score (nSPS) is 29.5. The molecule has 1 aliphatic heterocycles. The lowest BCUT2D eigenvalue weighted by Crippen LogP contribution is -2.65. The molecule has 8 heteroatoms. The molecule has 0 bridgehead atoms. The number of aliphatic hydroxyl groups excluding tert-OH is 5. The van der Waals surface area contributed by atoms with Crippen LogP contribution in [0.2, 0.25) is 0 Å². The molecule has 0 spiro atoms. The van der Waals surface area contributed by atoms with E-state index in [1.807, 2.05) is 0 Å². The molecule has 0 amide bonds. The van der Waals surface area contributed by atoms with Crippen LogP contribution in [0.4, 0.5) is 0 Å². The number of rotatable bonds is 6. The number of ether oxygens (including phenoxy) is 1. The van der Waals surface area contributed by atoms with Crippen molar-refractivity contribution < 1.29 is 40.2 Å². The number of hydrogen-bond acceptors (Lipinski definition) is 8. The highest BCUT2D eigenvalue weighted by Crippen LogP contribution is 2.39. The van der Waals surface area contributed by atoms with Crippen LogP contribution in [0.1, 0.15) is 46.5 Å². The molecule has 3 rings (SSSR count). The van der Waals surface area contributed by atoms with Crippen molar-refractivity contribution in [1.29, 1.82) is 0 Å². The minimum atomic E-state index is -2.44. The summed E-state index contributed by atoms with van der Waals surface area (Å²) in [6, 6.07) is 11.7. The summed E-state index contributed by atoms with van der Waals surface area (Å²) in [4.78, 5) is 11.5. The molecule has 0 saturated carbocycles. The Labute approximate surface area is 180 Å². The van der Waals surface area contributed by atoms with E-state index in [0.717, 1.165) is 5.56 Å². The van der Waals surface area contributed by atoms with Crippen LogP contribution < -0.4 is 0 Å². The molecule has 1 fully saturated rings. The zero-order chi connectivity index (χ0) is 22.9. The summed E-state index contributed by atoms with van der Waals surface area (Å²) in [5.41, 5.74) is 2.43. The summed E-state index contributed by atoms with van der Waals surface area (Å²) < 4.78 is 5.56. The van der Waals surface area contributed by atoms with Gasteiger partial charge in [-0.05, 0) is 43.0 Å². The zero-order valence-corrected chi connectivity index (χ0v) is 17.3. The van der Waals surface area contributed by atoms with Gasteiger partial charge in [-0.2, -0.15) is 0 Å². The molecule has 2 aromatic rings. The maximum absolute atomic E-state index is 11.5. The van der Waals surface area contributed by atoms with E-state index in [1.54, 1.807) is 36.4 Å². The maximum Gasteiger partial charge on any atom is 0.222 e. The SMILES string of the molecule is CC(=O)c1ccc(Cc2ccc(CO)cc2[C@@]2(O)O[C@H]([C@H](C)O)[C@@H](O)[C@H](O)[C@H]2O)cc1. The summed E-state index contributed by atoms with van der Waals surface area (Å²) in [6.45, 7) is 2.47. The Morgan fingerprint density at radius 3 is 2.23 bits per heavy atom. The van der Waals surface area contributed by atoms with E-state index in [-0.39, 0.29) is 24.4 Å². The van der Waals surface area contributed by atoms with Gasteiger partial charge in [-0.15, -0.1) is 0 Å². The number of carbonyl (C=O) groups is 1. The van der Waals surface area contributed by atoms with Crippen LogP contribution >= 0.6 is 0 Å². The van der Waals surface area contributed by atoms with Gasteiger partial charge in [0, 0.05) is 11.1 Å². The Morgan fingerprint density at radius 1 is 1.06 bits per heavy atom. The van der Waals surface area contributed by atoms with Crippen molar-refractivity contribution in [2.24, 2.45) is 0 Å². The second-order valence-corrected chi connectivity index (χ2v) is 8.03. The van der Waals surface area contributed by atoms with Gasteiger partial charge in [0.25, 0.3) is 0 Å². The number of carbonyl (C=O) groups excluding carboxylic acids is 1. The van der Waals surface area contributed by atoms with E-state index in [4.69, 9.17) is 4.74 Å². The molecule has 2 aromatic carbocycles. The van der Waals surface area contributed by atoms with Crippen LogP contribution in [0.25, 0.3) is 0 Å². The molecule has 0 radical (unpaired) electrons. The van der Waals surface area contributed by atoms with Crippen molar-refractivity contribution in [3.63, 3.8) is 0 Å². The van der Waals surface area contributed by atoms with Gasteiger partial charge in [-0.3, -0.25) is 4.79 Å². The van der Waals surface area contributed by atoms with Crippen molar-refractivity contribution in [3.05, 3.63) is 70.3 Å². The largest absolute Gasteiger partial charge is 0.392 e. The molecule has 0 unspecified atom stereocenters. The van der Waals surface area contributed by atoms with Crippen LogP contribution in [0.5, 0.6) is 0 Å².